The molecule has 0 saturated carbocycles. The molecule has 1 amide bonds. The molecule has 0 radical (unpaired) electrons. The molecule has 7 heteroatoms. The SMILES string of the molecule is CC(C)n1c(=O)c(C(=O)NC2C3CCN(CC3)C2Cc2cccnc2)c(O)c2ccccc21. The van der Waals surface area contributed by atoms with E-state index in [1.54, 1.807) is 29.0 Å². The third-order valence-corrected chi connectivity index (χ3v) is 7.26. The lowest BCUT2D eigenvalue weighted by molar-refractivity contribution is 0.0135. The fraction of sp³-hybridized carbons (Fsp3) is 0.423. The summed E-state index contributed by atoms with van der Waals surface area (Å²) in [5, 5.41) is 14.7. The second kappa shape index (κ2) is 8.63. The van der Waals surface area contributed by atoms with Gasteiger partial charge in [-0.1, -0.05) is 18.2 Å². The molecule has 3 aliphatic rings. The zero-order valence-electron chi connectivity index (χ0n) is 19.1. The number of amides is 1. The Kier molecular flexibility index (Phi) is 5.66. The summed E-state index contributed by atoms with van der Waals surface area (Å²) in [6.07, 6.45) is 6.47. The third kappa shape index (κ3) is 3.80. The van der Waals surface area contributed by atoms with Gasteiger partial charge in [0.1, 0.15) is 11.3 Å². The van der Waals surface area contributed by atoms with Gasteiger partial charge in [-0.05, 0) is 75.9 Å². The number of benzene rings is 1. The number of hydrogen-bond donors (Lipinski definition) is 2. The summed E-state index contributed by atoms with van der Waals surface area (Å²) >= 11 is 0. The first-order chi connectivity index (χ1) is 16.0. The fourth-order valence-corrected chi connectivity index (χ4v) is 5.67. The van der Waals surface area contributed by atoms with Crippen LogP contribution >= 0.6 is 0 Å². The molecule has 33 heavy (non-hydrogen) atoms. The molecule has 2 atom stereocenters. The minimum absolute atomic E-state index is 0.0852. The molecule has 6 rings (SSSR count). The van der Waals surface area contributed by atoms with E-state index in [-0.39, 0.29) is 29.4 Å². The monoisotopic (exact) mass is 446 g/mol. The van der Waals surface area contributed by atoms with Crippen LogP contribution in [0.2, 0.25) is 0 Å². The lowest BCUT2D eigenvalue weighted by atomic mass is 9.76. The summed E-state index contributed by atoms with van der Waals surface area (Å²) in [6.45, 7) is 5.85. The summed E-state index contributed by atoms with van der Waals surface area (Å²) in [5.41, 5.74) is 1.14. The Morgan fingerprint density at radius 1 is 1.18 bits per heavy atom. The Bertz CT molecular complexity index is 1230. The maximum Gasteiger partial charge on any atom is 0.267 e. The molecule has 1 aromatic carbocycles. The van der Waals surface area contributed by atoms with Crippen molar-refractivity contribution in [3.63, 3.8) is 0 Å². The van der Waals surface area contributed by atoms with E-state index < -0.39 is 11.5 Å². The van der Waals surface area contributed by atoms with E-state index in [1.165, 1.54) is 0 Å². The van der Waals surface area contributed by atoms with Gasteiger partial charge in [-0.2, -0.15) is 0 Å². The van der Waals surface area contributed by atoms with Gasteiger partial charge in [0.05, 0.1) is 5.52 Å². The Morgan fingerprint density at radius 3 is 2.64 bits per heavy atom. The number of rotatable bonds is 5. The van der Waals surface area contributed by atoms with Crippen LogP contribution in [0.5, 0.6) is 5.75 Å². The number of aromatic nitrogens is 2. The highest BCUT2D eigenvalue weighted by molar-refractivity contribution is 6.02. The number of carbonyl (C=O) groups excluding carboxylic acids is 1. The second-order valence-electron chi connectivity index (χ2n) is 9.52. The number of nitrogens with one attached hydrogen (secondary N) is 1. The number of aromatic hydroxyl groups is 1. The molecule has 3 aliphatic heterocycles. The Balaban J connectivity index is 1.51. The van der Waals surface area contributed by atoms with E-state index in [0.29, 0.717) is 16.8 Å². The number of piperidine rings is 3. The quantitative estimate of drug-likeness (QED) is 0.629. The highest BCUT2D eigenvalue weighted by Gasteiger charge is 2.43. The van der Waals surface area contributed by atoms with E-state index in [4.69, 9.17) is 0 Å². The zero-order chi connectivity index (χ0) is 23.1. The van der Waals surface area contributed by atoms with Crippen LogP contribution < -0.4 is 10.9 Å². The minimum atomic E-state index is -0.493. The van der Waals surface area contributed by atoms with Gasteiger partial charge in [0, 0.05) is 35.9 Å². The molecule has 0 aliphatic carbocycles. The van der Waals surface area contributed by atoms with Gasteiger partial charge in [0.2, 0.25) is 0 Å². The van der Waals surface area contributed by atoms with Crippen molar-refractivity contribution in [3.8, 4) is 5.75 Å². The zero-order valence-corrected chi connectivity index (χ0v) is 19.1. The van der Waals surface area contributed by atoms with Crippen molar-refractivity contribution in [1.29, 1.82) is 0 Å². The van der Waals surface area contributed by atoms with Gasteiger partial charge in [-0.25, -0.2) is 0 Å². The van der Waals surface area contributed by atoms with Crippen molar-refractivity contribution >= 4 is 16.8 Å². The van der Waals surface area contributed by atoms with Gasteiger partial charge in [0.25, 0.3) is 11.5 Å². The van der Waals surface area contributed by atoms with Crippen LogP contribution in [0.15, 0.2) is 53.6 Å². The predicted octanol–water partition coefficient (Wildman–Crippen LogP) is 3.12. The van der Waals surface area contributed by atoms with Gasteiger partial charge in [-0.15, -0.1) is 0 Å². The minimum Gasteiger partial charge on any atom is -0.506 e. The Morgan fingerprint density at radius 2 is 1.94 bits per heavy atom. The topological polar surface area (TPSA) is 87.5 Å². The molecule has 2 N–H and O–H groups in total. The van der Waals surface area contributed by atoms with Gasteiger partial charge in [0.15, 0.2) is 0 Å². The van der Waals surface area contributed by atoms with Crippen molar-refractivity contribution in [2.24, 2.45) is 5.92 Å². The summed E-state index contributed by atoms with van der Waals surface area (Å²) in [7, 11) is 0. The lowest BCUT2D eigenvalue weighted by Crippen LogP contribution is -2.64. The third-order valence-electron chi connectivity index (χ3n) is 7.26. The average Bonchev–Trinajstić information content (AvgIpc) is 2.82. The maximum atomic E-state index is 13.5. The van der Waals surface area contributed by atoms with Crippen molar-refractivity contribution in [1.82, 2.24) is 19.8 Å². The smallest absolute Gasteiger partial charge is 0.267 e. The van der Waals surface area contributed by atoms with Crippen LogP contribution in [-0.4, -0.2) is 50.6 Å². The molecule has 3 aromatic rings. The molecule has 7 nitrogen and oxygen atoms in total. The summed E-state index contributed by atoms with van der Waals surface area (Å²) in [6, 6.07) is 11.1. The van der Waals surface area contributed by atoms with Gasteiger partial charge in [-0.3, -0.25) is 19.5 Å². The van der Waals surface area contributed by atoms with Crippen molar-refractivity contribution in [2.45, 2.75) is 51.2 Å². The predicted molar refractivity (Wildman–Crippen MR) is 128 cm³/mol. The fourth-order valence-electron chi connectivity index (χ4n) is 5.67. The molecule has 2 aromatic heterocycles. The number of hydrogen-bond acceptors (Lipinski definition) is 5. The highest BCUT2D eigenvalue weighted by Crippen LogP contribution is 2.35. The largest absolute Gasteiger partial charge is 0.506 e. The Hall–Kier alpha value is -3.19. The van der Waals surface area contributed by atoms with Crippen molar-refractivity contribution in [2.75, 3.05) is 13.1 Å². The molecule has 0 spiro atoms. The molecule has 2 bridgehead atoms. The van der Waals surface area contributed by atoms with Crippen molar-refractivity contribution in [3.05, 3.63) is 70.3 Å². The van der Waals surface area contributed by atoms with Crippen molar-refractivity contribution < 1.29 is 9.90 Å². The first-order valence-electron chi connectivity index (χ1n) is 11.8. The van der Waals surface area contributed by atoms with E-state index in [9.17, 15) is 14.7 Å². The normalized spacial score (nSPS) is 24.3. The van der Waals surface area contributed by atoms with Gasteiger partial charge >= 0.3 is 0 Å². The number of fused-ring (bicyclic) bond motifs is 4. The van der Waals surface area contributed by atoms with Gasteiger partial charge < -0.3 is 15.0 Å². The second-order valence-corrected chi connectivity index (χ2v) is 9.52. The molecular weight excluding hydrogens is 416 g/mol. The number of carbonyl (C=O) groups is 1. The first kappa shape index (κ1) is 21.6. The molecule has 3 saturated heterocycles. The number of para-hydroxylation sites is 1. The molecule has 2 unspecified atom stereocenters. The highest BCUT2D eigenvalue weighted by atomic mass is 16.3. The average molecular weight is 447 g/mol. The molecule has 172 valence electrons. The van der Waals surface area contributed by atoms with E-state index in [2.05, 4.69) is 21.3 Å². The molecule has 3 fully saturated rings. The van der Waals surface area contributed by atoms with Crippen LogP contribution in [0.4, 0.5) is 0 Å². The first-order valence-corrected chi connectivity index (χ1v) is 11.8. The maximum absolute atomic E-state index is 13.5. The summed E-state index contributed by atoms with van der Waals surface area (Å²) in [4.78, 5) is 33.6. The van der Waals surface area contributed by atoms with Crippen LogP contribution in [0.1, 0.15) is 48.7 Å². The van der Waals surface area contributed by atoms with Crippen LogP contribution in [0.25, 0.3) is 10.9 Å². The number of pyridine rings is 2. The molecule has 5 heterocycles. The van der Waals surface area contributed by atoms with Crippen LogP contribution in [0.3, 0.4) is 0 Å². The van der Waals surface area contributed by atoms with Crippen LogP contribution in [0, 0.1) is 5.92 Å². The summed E-state index contributed by atoms with van der Waals surface area (Å²) < 4.78 is 1.59. The number of nitrogens with zero attached hydrogens (tertiary/aromatic N) is 3. The molecular formula is C26H30N4O3. The van der Waals surface area contributed by atoms with E-state index in [1.807, 2.05) is 32.2 Å². The van der Waals surface area contributed by atoms with Crippen LogP contribution in [-0.2, 0) is 6.42 Å². The Labute approximate surface area is 193 Å². The summed E-state index contributed by atoms with van der Waals surface area (Å²) in [5.74, 6) is -0.377. The van der Waals surface area contributed by atoms with E-state index >= 15 is 0 Å². The van der Waals surface area contributed by atoms with E-state index in [0.717, 1.165) is 37.9 Å². The standard InChI is InChI=1S/C26H30N4O3/c1-16(2)30-20-8-4-3-7-19(20)24(31)22(26(30)33)25(32)28-23-18-9-12-29(13-10-18)21(23)14-17-6-5-11-27-15-17/h3-8,11,15-16,18,21,23,31H,9-10,12-14H2,1-2H3,(H,28,32). The lowest BCUT2D eigenvalue weighted by Gasteiger charge is -2.51.